The smallest absolute Gasteiger partial charge is 0.253 e. The fourth-order valence-corrected chi connectivity index (χ4v) is 3.05. The van der Waals surface area contributed by atoms with Gasteiger partial charge in [-0.15, -0.1) is 0 Å². The normalized spacial score (nSPS) is 16.9. The highest BCUT2D eigenvalue weighted by Crippen LogP contribution is 2.16. The number of benzene rings is 1. The molecule has 1 aliphatic heterocycles. The predicted molar refractivity (Wildman–Crippen MR) is 95.8 cm³/mol. The largest absolute Gasteiger partial charge is 0.345 e. The molecule has 1 unspecified atom stereocenters. The van der Waals surface area contributed by atoms with Crippen molar-refractivity contribution in [2.75, 3.05) is 33.7 Å². The summed E-state index contributed by atoms with van der Waals surface area (Å²) in [5.74, 6) is 0.858. The third-order valence-electron chi connectivity index (χ3n) is 4.64. The van der Waals surface area contributed by atoms with E-state index in [1.54, 1.807) is 19.0 Å². The van der Waals surface area contributed by atoms with E-state index in [9.17, 15) is 9.59 Å². The first kappa shape index (κ1) is 18.5. The van der Waals surface area contributed by atoms with Gasteiger partial charge in [0, 0.05) is 39.2 Å². The van der Waals surface area contributed by atoms with Gasteiger partial charge in [0.05, 0.1) is 0 Å². The molecule has 24 heavy (non-hydrogen) atoms. The standard InChI is InChI=1S/C19H29N3O2/c1-4-22(18(23)10-7-15-11-12-20-13-15)14-16-5-8-17(9-6-16)19(24)21(2)3/h5-6,8-9,15,20H,4,7,10-14H2,1-3H3. The summed E-state index contributed by atoms with van der Waals surface area (Å²) in [6, 6.07) is 7.54. The van der Waals surface area contributed by atoms with Crippen molar-refractivity contribution in [2.45, 2.75) is 32.7 Å². The number of amides is 2. The molecule has 1 N–H and O–H groups in total. The van der Waals surface area contributed by atoms with Crippen molar-refractivity contribution in [1.29, 1.82) is 0 Å². The highest BCUT2D eigenvalue weighted by Gasteiger charge is 2.18. The zero-order chi connectivity index (χ0) is 17.5. The Hall–Kier alpha value is -1.88. The van der Waals surface area contributed by atoms with Crippen molar-refractivity contribution in [3.05, 3.63) is 35.4 Å². The molecular formula is C19H29N3O2. The SMILES string of the molecule is CCN(Cc1ccc(C(=O)N(C)C)cc1)C(=O)CCC1CCNC1. The minimum atomic E-state index is -0.00449. The number of nitrogens with zero attached hydrogens (tertiary/aromatic N) is 2. The van der Waals surface area contributed by atoms with Crippen LogP contribution in [-0.4, -0.2) is 55.3 Å². The van der Waals surface area contributed by atoms with Gasteiger partial charge in [0.1, 0.15) is 0 Å². The zero-order valence-electron chi connectivity index (χ0n) is 15.0. The van der Waals surface area contributed by atoms with Crippen LogP contribution in [-0.2, 0) is 11.3 Å². The van der Waals surface area contributed by atoms with Gasteiger partial charge in [0.25, 0.3) is 5.91 Å². The van der Waals surface area contributed by atoms with Crippen molar-refractivity contribution in [3.8, 4) is 0 Å². The maximum Gasteiger partial charge on any atom is 0.253 e. The predicted octanol–water partition coefficient (Wildman–Crippen LogP) is 2.13. The molecule has 1 saturated heterocycles. The molecule has 5 heteroatoms. The van der Waals surface area contributed by atoms with Gasteiger partial charge >= 0.3 is 0 Å². The third-order valence-corrected chi connectivity index (χ3v) is 4.64. The molecule has 1 aliphatic rings. The summed E-state index contributed by atoms with van der Waals surface area (Å²) in [7, 11) is 3.49. The molecular weight excluding hydrogens is 302 g/mol. The van der Waals surface area contributed by atoms with Crippen LogP contribution < -0.4 is 5.32 Å². The van der Waals surface area contributed by atoms with Crippen molar-refractivity contribution < 1.29 is 9.59 Å². The fraction of sp³-hybridized carbons (Fsp3) is 0.579. The van der Waals surface area contributed by atoms with Crippen LogP contribution in [0.5, 0.6) is 0 Å². The number of carbonyl (C=O) groups excluding carboxylic acids is 2. The number of carbonyl (C=O) groups is 2. The van der Waals surface area contributed by atoms with E-state index in [0.717, 1.165) is 25.1 Å². The summed E-state index contributed by atoms with van der Waals surface area (Å²) >= 11 is 0. The lowest BCUT2D eigenvalue weighted by molar-refractivity contribution is -0.131. The number of rotatable bonds is 7. The van der Waals surface area contributed by atoms with Crippen molar-refractivity contribution >= 4 is 11.8 Å². The Kier molecular flexibility index (Phi) is 6.79. The fourth-order valence-electron chi connectivity index (χ4n) is 3.05. The van der Waals surface area contributed by atoms with Crippen LogP contribution in [0.15, 0.2) is 24.3 Å². The second-order valence-electron chi connectivity index (χ2n) is 6.70. The van der Waals surface area contributed by atoms with E-state index in [1.807, 2.05) is 36.1 Å². The molecule has 1 heterocycles. The number of nitrogens with one attached hydrogen (secondary N) is 1. The van der Waals surface area contributed by atoms with Crippen LogP contribution in [0.3, 0.4) is 0 Å². The van der Waals surface area contributed by atoms with Gasteiger partial charge in [0.15, 0.2) is 0 Å². The molecule has 0 aliphatic carbocycles. The highest BCUT2D eigenvalue weighted by atomic mass is 16.2. The molecule has 0 bridgehead atoms. The van der Waals surface area contributed by atoms with Gasteiger partial charge < -0.3 is 15.1 Å². The minimum absolute atomic E-state index is 0.00449. The van der Waals surface area contributed by atoms with Crippen LogP contribution in [0, 0.1) is 5.92 Å². The summed E-state index contributed by atoms with van der Waals surface area (Å²) in [5.41, 5.74) is 1.73. The maximum atomic E-state index is 12.4. The average Bonchev–Trinajstić information content (AvgIpc) is 3.10. The van der Waals surface area contributed by atoms with Gasteiger partial charge in [-0.2, -0.15) is 0 Å². The van der Waals surface area contributed by atoms with E-state index in [0.29, 0.717) is 31.0 Å². The molecule has 132 valence electrons. The molecule has 1 aromatic rings. The Morgan fingerprint density at radius 1 is 1.21 bits per heavy atom. The molecule has 1 aromatic carbocycles. The van der Waals surface area contributed by atoms with Gasteiger partial charge in [-0.05, 0) is 56.5 Å². The summed E-state index contributed by atoms with van der Waals surface area (Å²) in [4.78, 5) is 27.8. The van der Waals surface area contributed by atoms with Gasteiger partial charge in [-0.3, -0.25) is 9.59 Å². The lowest BCUT2D eigenvalue weighted by Gasteiger charge is -2.22. The first-order chi connectivity index (χ1) is 11.5. The third kappa shape index (κ3) is 5.06. The van der Waals surface area contributed by atoms with Crippen LogP contribution >= 0.6 is 0 Å². The minimum Gasteiger partial charge on any atom is -0.345 e. The van der Waals surface area contributed by atoms with Crippen LogP contribution in [0.25, 0.3) is 0 Å². The molecule has 1 fully saturated rings. The Morgan fingerprint density at radius 2 is 1.92 bits per heavy atom. The van der Waals surface area contributed by atoms with Gasteiger partial charge in [0.2, 0.25) is 5.91 Å². The molecule has 1 atom stereocenters. The van der Waals surface area contributed by atoms with Gasteiger partial charge in [-0.1, -0.05) is 12.1 Å². The average molecular weight is 331 g/mol. The topological polar surface area (TPSA) is 52.7 Å². The molecule has 0 radical (unpaired) electrons. The monoisotopic (exact) mass is 331 g/mol. The second-order valence-corrected chi connectivity index (χ2v) is 6.70. The summed E-state index contributed by atoms with van der Waals surface area (Å²) in [5, 5.41) is 3.35. The molecule has 5 nitrogen and oxygen atoms in total. The van der Waals surface area contributed by atoms with E-state index in [2.05, 4.69) is 5.32 Å². The van der Waals surface area contributed by atoms with Crippen LogP contribution in [0.2, 0.25) is 0 Å². The Morgan fingerprint density at radius 3 is 2.46 bits per heavy atom. The molecule has 2 rings (SSSR count). The lowest BCUT2D eigenvalue weighted by atomic mass is 10.0. The van der Waals surface area contributed by atoms with Crippen molar-refractivity contribution in [3.63, 3.8) is 0 Å². The van der Waals surface area contributed by atoms with E-state index in [-0.39, 0.29) is 11.8 Å². The Bertz CT molecular complexity index is 548. The van der Waals surface area contributed by atoms with Crippen molar-refractivity contribution in [2.24, 2.45) is 5.92 Å². The van der Waals surface area contributed by atoms with E-state index >= 15 is 0 Å². The second kappa shape index (κ2) is 8.83. The molecule has 0 aromatic heterocycles. The Balaban J connectivity index is 1.89. The molecule has 0 spiro atoms. The van der Waals surface area contributed by atoms with Gasteiger partial charge in [-0.25, -0.2) is 0 Å². The first-order valence-electron chi connectivity index (χ1n) is 8.80. The lowest BCUT2D eigenvalue weighted by Crippen LogP contribution is -2.30. The molecule has 0 saturated carbocycles. The van der Waals surface area contributed by atoms with E-state index in [4.69, 9.17) is 0 Å². The van der Waals surface area contributed by atoms with Crippen molar-refractivity contribution in [1.82, 2.24) is 15.1 Å². The highest BCUT2D eigenvalue weighted by molar-refractivity contribution is 5.93. The molecule has 2 amide bonds. The quantitative estimate of drug-likeness (QED) is 0.833. The number of hydrogen-bond donors (Lipinski definition) is 1. The number of hydrogen-bond acceptors (Lipinski definition) is 3. The maximum absolute atomic E-state index is 12.4. The summed E-state index contributed by atoms with van der Waals surface area (Å²) in [6.07, 6.45) is 2.77. The Labute approximate surface area is 145 Å². The van der Waals surface area contributed by atoms with E-state index in [1.165, 1.54) is 6.42 Å². The van der Waals surface area contributed by atoms with Crippen LogP contribution in [0.4, 0.5) is 0 Å². The zero-order valence-corrected chi connectivity index (χ0v) is 15.0. The first-order valence-corrected chi connectivity index (χ1v) is 8.80. The summed E-state index contributed by atoms with van der Waals surface area (Å²) in [6.45, 7) is 5.45. The summed E-state index contributed by atoms with van der Waals surface area (Å²) < 4.78 is 0. The van der Waals surface area contributed by atoms with E-state index < -0.39 is 0 Å². The van der Waals surface area contributed by atoms with Crippen LogP contribution in [0.1, 0.15) is 42.1 Å².